The van der Waals surface area contributed by atoms with Crippen molar-refractivity contribution in [1.29, 1.82) is 0 Å². The maximum Gasteiger partial charge on any atom is 0.255 e. The fourth-order valence-corrected chi connectivity index (χ4v) is 4.39. The number of amides is 1. The monoisotopic (exact) mass is 463 g/mol. The van der Waals surface area contributed by atoms with E-state index in [2.05, 4.69) is 29.5 Å². The van der Waals surface area contributed by atoms with Crippen LogP contribution in [0.3, 0.4) is 0 Å². The van der Waals surface area contributed by atoms with Gasteiger partial charge in [-0.2, -0.15) is 4.98 Å². The van der Waals surface area contributed by atoms with Gasteiger partial charge in [0.05, 0.1) is 12.2 Å². The van der Waals surface area contributed by atoms with Gasteiger partial charge >= 0.3 is 0 Å². The summed E-state index contributed by atoms with van der Waals surface area (Å²) >= 11 is 1.61. The second-order valence-electron chi connectivity index (χ2n) is 7.82. The molecule has 0 saturated carbocycles. The molecule has 1 amide bonds. The van der Waals surface area contributed by atoms with Crippen molar-refractivity contribution in [3.05, 3.63) is 71.4 Å². The summed E-state index contributed by atoms with van der Waals surface area (Å²) < 4.78 is 7.68. The lowest BCUT2D eigenvalue weighted by molar-refractivity contribution is -0.113. The summed E-state index contributed by atoms with van der Waals surface area (Å²) in [6, 6.07) is 16.9. The van der Waals surface area contributed by atoms with Crippen LogP contribution in [0.2, 0.25) is 0 Å². The lowest BCUT2D eigenvalue weighted by Gasteiger charge is -2.29. The van der Waals surface area contributed by atoms with Crippen molar-refractivity contribution in [2.24, 2.45) is 0 Å². The highest BCUT2D eigenvalue weighted by atomic mass is 32.2. The van der Waals surface area contributed by atoms with E-state index in [-0.39, 0.29) is 5.91 Å². The summed E-state index contributed by atoms with van der Waals surface area (Å²) in [6.07, 6.45) is 1.96. The minimum atomic E-state index is -0.432. The first kappa shape index (κ1) is 22.9. The lowest BCUT2D eigenvalue weighted by Crippen LogP contribution is -2.31. The van der Waals surface area contributed by atoms with Gasteiger partial charge in [-0.1, -0.05) is 55.9 Å². The maximum absolute atomic E-state index is 13.5. The first-order valence-electron chi connectivity index (χ1n) is 11.3. The molecule has 3 aromatic rings. The number of fused-ring (bicyclic) bond motifs is 1. The Labute approximate surface area is 198 Å². The van der Waals surface area contributed by atoms with Gasteiger partial charge in [0.15, 0.2) is 0 Å². The van der Waals surface area contributed by atoms with Gasteiger partial charge < -0.3 is 15.4 Å². The Morgan fingerprint density at radius 3 is 2.73 bits per heavy atom. The number of carbonyl (C=O) groups excluding carboxylic acids is 1. The van der Waals surface area contributed by atoms with Gasteiger partial charge in [0.1, 0.15) is 11.8 Å². The smallest absolute Gasteiger partial charge is 0.255 e. The number of nitrogens with one attached hydrogen (secondary N) is 2. The van der Waals surface area contributed by atoms with Crippen LogP contribution in [-0.4, -0.2) is 33.0 Å². The van der Waals surface area contributed by atoms with Gasteiger partial charge in [0.2, 0.25) is 11.1 Å². The molecule has 0 spiro atoms. The Morgan fingerprint density at radius 2 is 1.97 bits per heavy atom. The Bertz CT molecular complexity index is 1140. The Balaban J connectivity index is 1.75. The van der Waals surface area contributed by atoms with Crippen LogP contribution in [0.4, 0.5) is 11.6 Å². The predicted molar refractivity (Wildman–Crippen MR) is 133 cm³/mol. The van der Waals surface area contributed by atoms with E-state index in [1.54, 1.807) is 11.8 Å². The fraction of sp³-hybridized carbons (Fsp3) is 0.320. The van der Waals surface area contributed by atoms with E-state index in [1.807, 2.05) is 66.2 Å². The predicted octanol–water partition coefficient (Wildman–Crippen LogP) is 5.50. The van der Waals surface area contributed by atoms with Crippen LogP contribution in [0.25, 0.3) is 0 Å². The Kier molecular flexibility index (Phi) is 7.34. The number of allylic oxidation sites excluding steroid dienone is 1. The van der Waals surface area contributed by atoms with Crippen LogP contribution in [0.5, 0.6) is 5.75 Å². The van der Waals surface area contributed by atoms with E-state index in [0.29, 0.717) is 23.3 Å². The first-order valence-corrected chi connectivity index (χ1v) is 12.3. The number of rotatable bonds is 9. The zero-order chi connectivity index (χ0) is 23.2. The van der Waals surface area contributed by atoms with E-state index < -0.39 is 6.04 Å². The van der Waals surface area contributed by atoms with E-state index in [0.717, 1.165) is 41.3 Å². The molecule has 2 N–H and O–H groups in total. The summed E-state index contributed by atoms with van der Waals surface area (Å²) in [6.45, 7) is 6.75. The molecule has 172 valence electrons. The van der Waals surface area contributed by atoms with Crippen LogP contribution in [0.1, 0.15) is 45.2 Å². The highest BCUT2D eigenvalue weighted by Gasteiger charge is 2.34. The van der Waals surface area contributed by atoms with Crippen LogP contribution in [0.15, 0.2) is 71.0 Å². The van der Waals surface area contributed by atoms with Crippen molar-refractivity contribution in [3.63, 3.8) is 0 Å². The number of nitrogens with zero attached hydrogens (tertiary/aromatic N) is 3. The highest BCUT2D eigenvalue weighted by Crippen LogP contribution is 2.37. The molecule has 1 unspecified atom stereocenters. The summed E-state index contributed by atoms with van der Waals surface area (Å²) in [4.78, 5) is 18.2. The molecule has 33 heavy (non-hydrogen) atoms. The minimum Gasteiger partial charge on any atom is -0.494 e. The number of ether oxygens (including phenoxy) is 1. The summed E-state index contributed by atoms with van der Waals surface area (Å²) in [5.74, 6) is 2.16. The van der Waals surface area contributed by atoms with Crippen molar-refractivity contribution in [1.82, 2.24) is 14.8 Å². The third-order valence-corrected chi connectivity index (χ3v) is 6.23. The average Bonchev–Trinajstić information content (AvgIpc) is 3.23. The molecule has 1 aliphatic heterocycles. The third kappa shape index (κ3) is 5.22. The van der Waals surface area contributed by atoms with Gasteiger partial charge in [0.25, 0.3) is 5.91 Å². The van der Waals surface area contributed by atoms with Gasteiger partial charge in [-0.15, -0.1) is 5.10 Å². The molecule has 7 nitrogen and oxygen atoms in total. The first-order chi connectivity index (χ1) is 16.1. The molecule has 0 bridgehead atoms. The molecule has 0 aliphatic carbocycles. The normalized spacial score (nSPS) is 15.1. The Morgan fingerprint density at radius 1 is 1.15 bits per heavy atom. The molecular formula is C25H29N5O2S. The highest BCUT2D eigenvalue weighted by molar-refractivity contribution is 7.99. The van der Waals surface area contributed by atoms with Crippen molar-refractivity contribution < 1.29 is 9.53 Å². The number of thioether (sulfide) groups is 1. The van der Waals surface area contributed by atoms with Crippen LogP contribution < -0.4 is 15.4 Å². The number of para-hydroxylation sites is 1. The van der Waals surface area contributed by atoms with E-state index in [9.17, 15) is 4.79 Å². The summed E-state index contributed by atoms with van der Waals surface area (Å²) in [5, 5.41) is 11.8. The number of hydrogen-bond acceptors (Lipinski definition) is 6. The molecule has 1 aliphatic rings. The maximum atomic E-state index is 13.5. The third-order valence-electron chi connectivity index (χ3n) is 5.19. The van der Waals surface area contributed by atoms with E-state index in [4.69, 9.17) is 9.84 Å². The Hall–Kier alpha value is -3.26. The fourth-order valence-electron chi connectivity index (χ4n) is 3.70. The molecule has 0 radical (unpaired) electrons. The van der Waals surface area contributed by atoms with Gasteiger partial charge in [-0.3, -0.25) is 4.79 Å². The molecule has 4 rings (SSSR count). The number of carbonyl (C=O) groups is 1. The molecule has 2 aromatic carbocycles. The topological polar surface area (TPSA) is 81.1 Å². The second kappa shape index (κ2) is 10.6. The van der Waals surface area contributed by atoms with Crippen molar-refractivity contribution in [2.75, 3.05) is 23.0 Å². The standard InChI is InChI=1S/C25H29N5O2S/c1-4-14-32-20-13-9-10-18(16-20)22-21(23(31)27-19-11-7-6-8-12-19)17(3)26-24-28-25(29-30(22)24)33-15-5-2/h6-13,16,22H,4-5,14-15H2,1-3H3,(H,27,31)(H,26,28,29). The zero-order valence-electron chi connectivity index (χ0n) is 19.2. The van der Waals surface area contributed by atoms with Gasteiger partial charge in [-0.05, 0) is 49.6 Å². The zero-order valence-corrected chi connectivity index (χ0v) is 20.0. The van der Waals surface area contributed by atoms with Crippen LogP contribution in [-0.2, 0) is 4.79 Å². The largest absolute Gasteiger partial charge is 0.494 e. The van der Waals surface area contributed by atoms with E-state index in [1.165, 1.54) is 0 Å². The molecule has 0 saturated heterocycles. The average molecular weight is 464 g/mol. The molecule has 1 atom stereocenters. The van der Waals surface area contributed by atoms with Crippen molar-refractivity contribution in [3.8, 4) is 5.75 Å². The number of anilines is 2. The SMILES string of the molecule is CCCOc1cccc(C2C(C(=O)Nc3ccccc3)=C(C)Nc3nc(SCCC)nn32)c1. The van der Waals surface area contributed by atoms with Crippen LogP contribution >= 0.6 is 11.8 Å². The minimum absolute atomic E-state index is 0.181. The number of hydrogen-bond donors (Lipinski definition) is 2. The second-order valence-corrected chi connectivity index (χ2v) is 8.88. The summed E-state index contributed by atoms with van der Waals surface area (Å²) in [7, 11) is 0. The van der Waals surface area contributed by atoms with E-state index >= 15 is 0 Å². The van der Waals surface area contributed by atoms with Crippen molar-refractivity contribution >= 4 is 29.3 Å². The molecule has 1 aromatic heterocycles. The lowest BCUT2D eigenvalue weighted by atomic mass is 9.95. The molecule has 0 fully saturated rings. The molecular weight excluding hydrogens is 434 g/mol. The number of aromatic nitrogens is 3. The molecule has 8 heteroatoms. The number of benzene rings is 2. The van der Waals surface area contributed by atoms with Gasteiger partial charge in [-0.25, -0.2) is 4.68 Å². The van der Waals surface area contributed by atoms with Crippen molar-refractivity contribution in [2.45, 2.75) is 44.8 Å². The molecule has 2 heterocycles. The quantitative estimate of drug-likeness (QED) is 0.408. The van der Waals surface area contributed by atoms with Gasteiger partial charge in [0, 0.05) is 17.1 Å². The van der Waals surface area contributed by atoms with Crippen LogP contribution in [0, 0.1) is 0 Å². The summed E-state index contributed by atoms with van der Waals surface area (Å²) in [5.41, 5.74) is 3.00.